The van der Waals surface area contributed by atoms with E-state index in [2.05, 4.69) is 0 Å². The molecular weight excluding hydrogens is 352 g/mol. The maximum atomic E-state index is 13.0. The molecule has 3 rings (SSSR count). The zero-order chi connectivity index (χ0) is 19.1. The predicted octanol–water partition coefficient (Wildman–Crippen LogP) is 1.69. The fourth-order valence-electron chi connectivity index (χ4n) is 3.97. The topological polar surface area (TPSA) is 74.8 Å². The van der Waals surface area contributed by atoms with Crippen LogP contribution in [0.15, 0.2) is 18.2 Å². The van der Waals surface area contributed by atoms with Gasteiger partial charge in [0.2, 0.25) is 11.8 Å². The van der Waals surface area contributed by atoms with E-state index in [0.29, 0.717) is 19.5 Å². The van der Waals surface area contributed by atoms with Crippen LogP contribution < -0.4 is 4.90 Å². The van der Waals surface area contributed by atoms with E-state index in [9.17, 15) is 18.0 Å². The van der Waals surface area contributed by atoms with Gasteiger partial charge < -0.3 is 9.80 Å². The van der Waals surface area contributed by atoms with Gasteiger partial charge in [-0.1, -0.05) is 12.1 Å². The Bertz CT molecular complexity index is 834. The Morgan fingerprint density at radius 1 is 1.31 bits per heavy atom. The lowest BCUT2D eigenvalue weighted by Crippen LogP contribution is -2.44. The fraction of sp³-hybridized carbons (Fsp3) is 0.579. The normalized spacial score (nSPS) is 24.9. The van der Waals surface area contributed by atoms with Crippen LogP contribution in [0, 0.1) is 19.8 Å². The summed E-state index contributed by atoms with van der Waals surface area (Å²) in [5.74, 6) is -0.387. The first kappa shape index (κ1) is 18.9. The first-order chi connectivity index (χ1) is 12.2. The Morgan fingerprint density at radius 3 is 2.65 bits per heavy atom. The summed E-state index contributed by atoms with van der Waals surface area (Å²) in [6.07, 6.45) is 0.672. The van der Waals surface area contributed by atoms with E-state index in [1.165, 1.54) is 0 Å². The van der Waals surface area contributed by atoms with Gasteiger partial charge in [0.25, 0.3) is 0 Å². The van der Waals surface area contributed by atoms with Gasteiger partial charge in [0, 0.05) is 31.2 Å². The molecule has 142 valence electrons. The SMILES string of the molecule is CCN(C(=O)C1CC(=O)N(c2cc(C)ccc2C)C1)C1CCS(=O)(=O)C1. The van der Waals surface area contributed by atoms with Gasteiger partial charge in [0.15, 0.2) is 9.84 Å². The molecule has 26 heavy (non-hydrogen) atoms. The Morgan fingerprint density at radius 2 is 2.04 bits per heavy atom. The van der Waals surface area contributed by atoms with E-state index in [0.717, 1.165) is 16.8 Å². The summed E-state index contributed by atoms with van der Waals surface area (Å²) in [5.41, 5.74) is 2.93. The second-order valence-electron chi connectivity index (χ2n) is 7.38. The number of rotatable bonds is 4. The molecule has 2 aliphatic heterocycles. The van der Waals surface area contributed by atoms with Gasteiger partial charge in [-0.15, -0.1) is 0 Å². The molecule has 2 fully saturated rings. The highest BCUT2D eigenvalue weighted by Gasteiger charge is 2.41. The Hall–Kier alpha value is -1.89. The van der Waals surface area contributed by atoms with Gasteiger partial charge in [0.1, 0.15) is 0 Å². The van der Waals surface area contributed by atoms with Gasteiger partial charge in [-0.25, -0.2) is 8.42 Å². The van der Waals surface area contributed by atoms with Crippen molar-refractivity contribution in [2.75, 3.05) is 29.5 Å². The standard InChI is InChI=1S/C19H26N2O4S/c1-4-20(16-7-8-26(24,25)12-16)19(23)15-10-18(22)21(11-15)17-9-13(2)5-6-14(17)3/h5-6,9,15-16H,4,7-8,10-12H2,1-3H3. The molecule has 0 N–H and O–H groups in total. The van der Waals surface area contributed by atoms with Crippen LogP contribution in [0.3, 0.4) is 0 Å². The number of benzene rings is 1. The van der Waals surface area contributed by atoms with Crippen molar-refractivity contribution < 1.29 is 18.0 Å². The summed E-state index contributed by atoms with van der Waals surface area (Å²) in [6, 6.07) is 5.69. The number of carbonyl (C=O) groups excluding carboxylic acids is 2. The number of nitrogens with zero attached hydrogens (tertiary/aromatic N) is 2. The van der Waals surface area contributed by atoms with Gasteiger partial charge in [-0.3, -0.25) is 9.59 Å². The lowest BCUT2D eigenvalue weighted by molar-refractivity contribution is -0.137. The molecule has 0 aliphatic carbocycles. The molecule has 2 amide bonds. The van der Waals surface area contributed by atoms with Crippen LogP contribution in [-0.2, 0) is 19.4 Å². The van der Waals surface area contributed by atoms with Gasteiger partial charge in [-0.05, 0) is 44.4 Å². The van der Waals surface area contributed by atoms with E-state index in [4.69, 9.17) is 0 Å². The Kier molecular flexibility index (Phi) is 5.10. The molecular formula is C19H26N2O4S. The fourth-order valence-corrected chi connectivity index (χ4v) is 5.70. The lowest BCUT2D eigenvalue weighted by Gasteiger charge is -2.29. The minimum absolute atomic E-state index is 0.0357. The van der Waals surface area contributed by atoms with Crippen molar-refractivity contribution in [3.8, 4) is 0 Å². The lowest BCUT2D eigenvalue weighted by atomic mass is 10.1. The molecule has 1 aromatic carbocycles. The molecule has 0 spiro atoms. The molecule has 2 unspecified atom stereocenters. The van der Waals surface area contributed by atoms with Gasteiger partial charge in [0.05, 0.1) is 17.4 Å². The molecule has 2 heterocycles. The number of amides is 2. The van der Waals surface area contributed by atoms with Crippen LogP contribution in [0.25, 0.3) is 0 Å². The van der Waals surface area contributed by atoms with E-state index >= 15 is 0 Å². The number of aryl methyl sites for hydroxylation is 2. The van der Waals surface area contributed by atoms with E-state index in [1.807, 2.05) is 39.0 Å². The highest BCUT2D eigenvalue weighted by Crippen LogP contribution is 2.30. The van der Waals surface area contributed by atoms with Crippen LogP contribution in [0.4, 0.5) is 5.69 Å². The number of anilines is 1. The van der Waals surface area contributed by atoms with E-state index < -0.39 is 15.8 Å². The molecule has 2 aliphatic rings. The molecule has 0 bridgehead atoms. The molecule has 2 atom stereocenters. The highest BCUT2D eigenvalue weighted by atomic mass is 32.2. The third-order valence-electron chi connectivity index (χ3n) is 5.40. The van der Waals surface area contributed by atoms with Crippen molar-refractivity contribution in [3.63, 3.8) is 0 Å². The molecule has 6 nitrogen and oxygen atoms in total. The van der Waals surface area contributed by atoms with Crippen molar-refractivity contribution in [2.24, 2.45) is 5.92 Å². The summed E-state index contributed by atoms with van der Waals surface area (Å²) in [6.45, 7) is 6.62. The van der Waals surface area contributed by atoms with Crippen LogP contribution in [-0.4, -0.2) is 55.8 Å². The largest absolute Gasteiger partial charge is 0.339 e. The van der Waals surface area contributed by atoms with Crippen molar-refractivity contribution in [2.45, 2.75) is 39.7 Å². The van der Waals surface area contributed by atoms with E-state index in [-0.39, 0.29) is 35.8 Å². The van der Waals surface area contributed by atoms with Crippen LogP contribution in [0.5, 0.6) is 0 Å². The maximum absolute atomic E-state index is 13.0. The van der Waals surface area contributed by atoms with Crippen molar-refractivity contribution >= 4 is 27.3 Å². The quantitative estimate of drug-likeness (QED) is 0.799. The summed E-state index contributed by atoms with van der Waals surface area (Å²) in [4.78, 5) is 28.9. The zero-order valence-corrected chi connectivity index (χ0v) is 16.4. The number of hydrogen-bond donors (Lipinski definition) is 0. The van der Waals surface area contributed by atoms with Gasteiger partial charge in [-0.2, -0.15) is 0 Å². The minimum atomic E-state index is -3.05. The zero-order valence-electron chi connectivity index (χ0n) is 15.6. The smallest absolute Gasteiger partial charge is 0.228 e. The summed E-state index contributed by atoms with van der Waals surface area (Å²) in [5, 5.41) is 0. The van der Waals surface area contributed by atoms with Crippen LogP contribution in [0.2, 0.25) is 0 Å². The maximum Gasteiger partial charge on any atom is 0.228 e. The van der Waals surface area contributed by atoms with E-state index in [1.54, 1.807) is 9.80 Å². The number of sulfone groups is 1. The molecule has 0 radical (unpaired) electrons. The first-order valence-electron chi connectivity index (χ1n) is 9.10. The molecule has 2 saturated heterocycles. The average molecular weight is 378 g/mol. The monoisotopic (exact) mass is 378 g/mol. The molecule has 7 heteroatoms. The Balaban J connectivity index is 1.77. The highest BCUT2D eigenvalue weighted by molar-refractivity contribution is 7.91. The third-order valence-corrected chi connectivity index (χ3v) is 7.15. The van der Waals surface area contributed by atoms with Crippen LogP contribution in [0.1, 0.15) is 30.9 Å². The predicted molar refractivity (Wildman–Crippen MR) is 101 cm³/mol. The number of hydrogen-bond acceptors (Lipinski definition) is 4. The number of carbonyl (C=O) groups is 2. The second kappa shape index (κ2) is 7.02. The summed E-state index contributed by atoms with van der Waals surface area (Å²) in [7, 11) is -3.05. The second-order valence-corrected chi connectivity index (χ2v) is 9.61. The van der Waals surface area contributed by atoms with Gasteiger partial charge >= 0.3 is 0 Å². The summed E-state index contributed by atoms with van der Waals surface area (Å²) >= 11 is 0. The van der Waals surface area contributed by atoms with Crippen molar-refractivity contribution in [1.82, 2.24) is 4.90 Å². The third kappa shape index (κ3) is 3.63. The van der Waals surface area contributed by atoms with Crippen molar-refractivity contribution in [3.05, 3.63) is 29.3 Å². The molecule has 0 saturated carbocycles. The minimum Gasteiger partial charge on any atom is -0.339 e. The summed E-state index contributed by atoms with van der Waals surface area (Å²) < 4.78 is 23.5. The van der Waals surface area contributed by atoms with Crippen molar-refractivity contribution in [1.29, 1.82) is 0 Å². The molecule has 1 aromatic rings. The van der Waals surface area contributed by atoms with Crippen LogP contribution >= 0.6 is 0 Å². The molecule has 0 aromatic heterocycles. The Labute approximate surface area is 155 Å². The first-order valence-corrected chi connectivity index (χ1v) is 10.9. The average Bonchev–Trinajstić information content (AvgIpc) is 3.13.